The number of hydrogen-bond acceptors (Lipinski definition) is 1. The third kappa shape index (κ3) is 1.14. The number of benzene rings is 1. The van der Waals surface area contributed by atoms with E-state index in [9.17, 15) is 4.79 Å². The minimum atomic E-state index is -0.196. The van der Waals surface area contributed by atoms with Crippen LogP contribution in [-0.4, -0.2) is 12.1 Å². The van der Waals surface area contributed by atoms with Gasteiger partial charge in [0, 0.05) is 23.2 Å². The molecule has 0 unspecified atom stereocenters. The van der Waals surface area contributed by atoms with E-state index in [2.05, 4.69) is 4.99 Å². The average Bonchev–Trinajstić information content (AvgIpc) is 2.07. The molecule has 1 amide bonds. The fraction of sp³-hybridized carbons (Fsp3) is 0.111. The van der Waals surface area contributed by atoms with E-state index in [0.29, 0.717) is 10.6 Å². The van der Waals surface area contributed by atoms with Crippen LogP contribution in [0.4, 0.5) is 0 Å². The SMILES string of the molecule is O=C1N=CCc2ccc(Cl)cc21. The summed E-state index contributed by atoms with van der Waals surface area (Å²) in [6.07, 6.45) is 2.34. The monoisotopic (exact) mass is 179 g/mol. The minimum absolute atomic E-state index is 0.196. The number of aliphatic imine (C=N–C) groups is 1. The lowest BCUT2D eigenvalue weighted by Crippen LogP contribution is -2.07. The molecule has 60 valence electrons. The summed E-state index contributed by atoms with van der Waals surface area (Å²) in [4.78, 5) is 14.9. The fourth-order valence-electron chi connectivity index (χ4n) is 1.22. The molecule has 0 aliphatic carbocycles. The first-order chi connectivity index (χ1) is 5.77. The molecule has 2 rings (SSSR count). The molecule has 0 bridgehead atoms. The van der Waals surface area contributed by atoms with Crippen molar-refractivity contribution in [2.75, 3.05) is 0 Å². The zero-order valence-electron chi connectivity index (χ0n) is 6.25. The van der Waals surface area contributed by atoms with E-state index in [1.54, 1.807) is 18.3 Å². The quantitative estimate of drug-likeness (QED) is 0.600. The van der Waals surface area contributed by atoms with Gasteiger partial charge in [0.15, 0.2) is 0 Å². The molecule has 2 nitrogen and oxygen atoms in total. The van der Waals surface area contributed by atoms with E-state index in [-0.39, 0.29) is 5.91 Å². The van der Waals surface area contributed by atoms with E-state index in [1.165, 1.54) is 0 Å². The van der Waals surface area contributed by atoms with Gasteiger partial charge in [0.1, 0.15) is 0 Å². The van der Waals surface area contributed by atoms with Crippen molar-refractivity contribution in [2.45, 2.75) is 6.42 Å². The highest BCUT2D eigenvalue weighted by Crippen LogP contribution is 2.19. The van der Waals surface area contributed by atoms with Crippen LogP contribution >= 0.6 is 11.6 Å². The topological polar surface area (TPSA) is 29.4 Å². The van der Waals surface area contributed by atoms with Gasteiger partial charge >= 0.3 is 0 Å². The third-order valence-electron chi connectivity index (χ3n) is 1.82. The molecule has 0 spiro atoms. The summed E-state index contributed by atoms with van der Waals surface area (Å²) in [5.74, 6) is -0.196. The van der Waals surface area contributed by atoms with Gasteiger partial charge in [0.2, 0.25) is 0 Å². The van der Waals surface area contributed by atoms with Crippen LogP contribution in [0.25, 0.3) is 0 Å². The van der Waals surface area contributed by atoms with Crippen molar-refractivity contribution in [3.8, 4) is 0 Å². The van der Waals surface area contributed by atoms with Crippen LogP contribution in [0.5, 0.6) is 0 Å². The fourth-order valence-corrected chi connectivity index (χ4v) is 1.39. The standard InChI is InChI=1S/C9H6ClNO/c10-7-2-1-6-3-4-11-9(12)8(6)5-7/h1-2,4-5H,3H2. The smallest absolute Gasteiger partial charge is 0.267 e. The highest BCUT2D eigenvalue weighted by molar-refractivity contribution is 6.31. The number of amides is 1. The molecule has 0 fully saturated rings. The van der Waals surface area contributed by atoms with Crippen LogP contribution < -0.4 is 0 Å². The van der Waals surface area contributed by atoms with Gasteiger partial charge in [-0.15, -0.1) is 0 Å². The number of fused-ring (bicyclic) bond motifs is 1. The van der Waals surface area contributed by atoms with Crippen molar-refractivity contribution in [2.24, 2.45) is 4.99 Å². The van der Waals surface area contributed by atoms with Crippen molar-refractivity contribution >= 4 is 23.7 Å². The number of nitrogens with zero attached hydrogens (tertiary/aromatic N) is 1. The molecule has 12 heavy (non-hydrogen) atoms. The maximum atomic E-state index is 11.2. The molecule has 0 saturated heterocycles. The molecule has 1 aliphatic rings. The summed E-state index contributed by atoms with van der Waals surface area (Å²) >= 11 is 5.74. The zero-order chi connectivity index (χ0) is 8.55. The van der Waals surface area contributed by atoms with E-state index in [4.69, 9.17) is 11.6 Å². The maximum Gasteiger partial charge on any atom is 0.276 e. The third-order valence-corrected chi connectivity index (χ3v) is 2.06. The Bertz CT molecular complexity index is 371. The van der Waals surface area contributed by atoms with Crippen molar-refractivity contribution in [1.29, 1.82) is 0 Å². The predicted octanol–water partition coefficient (Wildman–Crippen LogP) is 2.11. The second kappa shape index (κ2) is 2.72. The van der Waals surface area contributed by atoms with Gasteiger partial charge in [-0.3, -0.25) is 4.79 Å². The largest absolute Gasteiger partial charge is 0.276 e. The highest BCUT2D eigenvalue weighted by Gasteiger charge is 2.13. The summed E-state index contributed by atoms with van der Waals surface area (Å²) < 4.78 is 0. The lowest BCUT2D eigenvalue weighted by molar-refractivity contribution is 0.100. The van der Waals surface area contributed by atoms with Gasteiger partial charge in [0.05, 0.1) is 0 Å². The van der Waals surface area contributed by atoms with E-state index < -0.39 is 0 Å². The molecule has 1 aliphatic heterocycles. The second-order valence-electron chi connectivity index (χ2n) is 2.62. The Morgan fingerprint density at radius 3 is 3.08 bits per heavy atom. The molecule has 3 heteroatoms. The Morgan fingerprint density at radius 1 is 1.42 bits per heavy atom. The maximum absolute atomic E-state index is 11.2. The van der Waals surface area contributed by atoms with Gasteiger partial charge < -0.3 is 0 Å². The molecule has 1 aromatic rings. The number of hydrogen-bond donors (Lipinski definition) is 0. The van der Waals surface area contributed by atoms with Crippen molar-refractivity contribution in [3.05, 3.63) is 34.3 Å². The van der Waals surface area contributed by atoms with Crippen LogP contribution in [0, 0.1) is 0 Å². The molecule has 0 atom stereocenters. The molecule has 0 N–H and O–H groups in total. The highest BCUT2D eigenvalue weighted by atomic mass is 35.5. The van der Waals surface area contributed by atoms with Crippen LogP contribution in [0.15, 0.2) is 23.2 Å². The minimum Gasteiger partial charge on any atom is -0.267 e. The Kier molecular flexibility index (Phi) is 1.70. The first-order valence-electron chi connectivity index (χ1n) is 3.62. The summed E-state index contributed by atoms with van der Waals surface area (Å²) in [6.45, 7) is 0. The Hall–Kier alpha value is -1.15. The average molecular weight is 180 g/mol. The molecule has 0 saturated carbocycles. The van der Waals surface area contributed by atoms with E-state index in [1.807, 2.05) is 6.07 Å². The first kappa shape index (κ1) is 7.50. The predicted molar refractivity (Wildman–Crippen MR) is 48.0 cm³/mol. The molecule has 1 heterocycles. The van der Waals surface area contributed by atoms with Crippen LogP contribution in [0.1, 0.15) is 15.9 Å². The molecule has 0 aromatic heterocycles. The number of carbonyl (C=O) groups excluding carboxylic acids is 1. The van der Waals surface area contributed by atoms with Gasteiger partial charge in [-0.2, -0.15) is 0 Å². The van der Waals surface area contributed by atoms with Crippen molar-refractivity contribution < 1.29 is 4.79 Å². The van der Waals surface area contributed by atoms with Gasteiger partial charge in [-0.25, -0.2) is 4.99 Å². The second-order valence-corrected chi connectivity index (χ2v) is 3.06. The lowest BCUT2D eigenvalue weighted by Gasteiger charge is -2.07. The number of carbonyl (C=O) groups is 1. The van der Waals surface area contributed by atoms with Gasteiger partial charge in [-0.05, 0) is 17.7 Å². The van der Waals surface area contributed by atoms with Crippen molar-refractivity contribution in [1.82, 2.24) is 0 Å². The van der Waals surface area contributed by atoms with Crippen LogP contribution in [0.2, 0.25) is 5.02 Å². The van der Waals surface area contributed by atoms with Gasteiger partial charge in [0.25, 0.3) is 5.91 Å². The van der Waals surface area contributed by atoms with Crippen LogP contribution in [0.3, 0.4) is 0 Å². The molecular formula is C9H6ClNO. The normalized spacial score (nSPS) is 14.6. The summed E-state index contributed by atoms with van der Waals surface area (Å²) in [6, 6.07) is 5.31. The summed E-state index contributed by atoms with van der Waals surface area (Å²) in [5.41, 5.74) is 1.63. The van der Waals surface area contributed by atoms with Crippen LogP contribution in [-0.2, 0) is 6.42 Å². The number of rotatable bonds is 0. The zero-order valence-corrected chi connectivity index (χ0v) is 7.01. The van der Waals surface area contributed by atoms with Crippen molar-refractivity contribution in [3.63, 3.8) is 0 Å². The Labute approximate surface area is 74.9 Å². The Morgan fingerprint density at radius 2 is 2.25 bits per heavy atom. The molecular weight excluding hydrogens is 174 g/mol. The first-order valence-corrected chi connectivity index (χ1v) is 4.00. The molecule has 1 aromatic carbocycles. The lowest BCUT2D eigenvalue weighted by atomic mass is 10.0. The number of halogens is 1. The molecule has 0 radical (unpaired) electrons. The summed E-state index contributed by atoms with van der Waals surface area (Å²) in [7, 11) is 0. The van der Waals surface area contributed by atoms with Gasteiger partial charge in [-0.1, -0.05) is 17.7 Å². The summed E-state index contributed by atoms with van der Waals surface area (Å²) in [5, 5.41) is 0.583. The Balaban J connectivity index is 2.59. The van der Waals surface area contributed by atoms with E-state index >= 15 is 0 Å². The van der Waals surface area contributed by atoms with E-state index in [0.717, 1.165) is 12.0 Å².